The van der Waals surface area contributed by atoms with E-state index in [1.807, 2.05) is 12.1 Å². The maximum Gasteiger partial charge on any atom is 0.129 e. The molecule has 0 aliphatic carbocycles. The third kappa shape index (κ3) is 2.89. The maximum absolute atomic E-state index is 5.31. The number of fused-ring (bicyclic) bond motifs is 1. The van der Waals surface area contributed by atoms with Crippen LogP contribution in [0.4, 0.5) is 0 Å². The molecule has 4 heteroatoms. The highest BCUT2D eigenvalue weighted by atomic mass is 79.9. The van der Waals surface area contributed by atoms with Crippen molar-refractivity contribution < 1.29 is 4.74 Å². The first-order valence-electron chi connectivity index (χ1n) is 9.06. The van der Waals surface area contributed by atoms with Crippen LogP contribution in [-0.2, 0) is 0 Å². The number of nitrogens with zero attached hydrogens (tertiary/aromatic N) is 2. The van der Waals surface area contributed by atoms with Gasteiger partial charge in [0.15, 0.2) is 0 Å². The smallest absolute Gasteiger partial charge is 0.129 e. The van der Waals surface area contributed by atoms with Crippen LogP contribution in [0.2, 0.25) is 0 Å². The van der Waals surface area contributed by atoms with Crippen molar-refractivity contribution in [1.82, 2.24) is 4.90 Å². The fraction of sp³-hybridized carbons (Fsp3) is 0.174. The van der Waals surface area contributed by atoms with Gasteiger partial charge in [0.05, 0.1) is 24.9 Å². The molecule has 3 aromatic carbocycles. The zero-order chi connectivity index (χ0) is 18.4. The number of hydrogen-bond acceptors (Lipinski definition) is 3. The fourth-order valence-corrected chi connectivity index (χ4v) is 4.28. The zero-order valence-corrected chi connectivity index (χ0v) is 16.5. The maximum atomic E-state index is 5.31. The Kier molecular flexibility index (Phi) is 4.10. The Labute approximate surface area is 167 Å². The van der Waals surface area contributed by atoms with Crippen LogP contribution in [-0.4, -0.2) is 23.8 Å². The number of benzene rings is 3. The van der Waals surface area contributed by atoms with E-state index in [2.05, 4.69) is 87.6 Å². The van der Waals surface area contributed by atoms with Crippen LogP contribution in [0.15, 0.2) is 88.3 Å². The molecule has 0 bridgehead atoms. The molecular weight excluding hydrogens is 400 g/mol. The summed E-state index contributed by atoms with van der Waals surface area (Å²) >= 11 is 3.53. The number of hydrogen-bond donors (Lipinski definition) is 0. The van der Waals surface area contributed by atoms with Gasteiger partial charge >= 0.3 is 0 Å². The zero-order valence-electron chi connectivity index (χ0n) is 14.9. The average Bonchev–Trinajstić information content (AvgIpc) is 3.34. The normalized spacial score (nSPS) is 25.6. The molecule has 0 saturated carbocycles. The SMILES string of the molecule is COc1ccc(C2=N[C@H](c3ccc(Br)cc3)N3[C@H]2[C@@H]3c2ccccc2)cc1. The summed E-state index contributed by atoms with van der Waals surface area (Å²) < 4.78 is 6.39. The third-order valence-electron chi connectivity index (χ3n) is 5.37. The fourth-order valence-electron chi connectivity index (χ4n) is 4.01. The van der Waals surface area contributed by atoms with Crippen molar-refractivity contribution in [2.75, 3.05) is 7.11 Å². The third-order valence-corrected chi connectivity index (χ3v) is 5.90. The second-order valence-electron chi connectivity index (χ2n) is 6.92. The van der Waals surface area contributed by atoms with Gasteiger partial charge in [-0.3, -0.25) is 9.89 Å². The van der Waals surface area contributed by atoms with Gasteiger partial charge in [0.1, 0.15) is 11.9 Å². The topological polar surface area (TPSA) is 24.6 Å². The van der Waals surface area contributed by atoms with Crippen molar-refractivity contribution in [2.24, 2.45) is 4.99 Å². The van der Waals surface area contributed by atoms with Crippen LogP contribution in [0.3, 0.4) is 0 Å². The minimum absolute atomic E-state index is 0.0606. The van der Waals surface area contributed by atoms with E-state index < -0.39 is 0 Å². The van der Waals surface area contributed by atoms with Crippen molar-refractivity contribution in [2.45, 2.75) is 18.2 Å². The molecule has 1 saturated heterocycles. The number of aliphatic imine (C=N–C) groups is 1. The van der Waals surface area contributed by atoms with Gasteiger partial charge in [-0.25, -0.2) is 0 Å². The first kappa shape index (κ1) is 16.7. The lowest BCUT2D eigenvalue weighted by Crippen LogP contribution is -2.08. The van der Waals surface area contributed by atoms with E-state index in [0.29, 0.717) is 12.1 Å². The van der Waals surface area contributed by atoms with Gasteiger partial charge in [-0.15, -0.1) is 0 Å². The molecule has 3 nitrogen and oxygen atoms in total. The molecule has 2 heterocycles. The highest BCUT2D eigenvalue weighted by Gasteiger charge is 2.59. The van der Waals surface area contributed by atoms with Crippen LogP contribution in [0.25, 0.3) is 0 Å². The van der Waals surface area contributed by atoms with Crippen LogP contribution < -0.4 is 4.74 Å². The Morgan fingerprint density at radius 3 is 2.19 bits per heavy atom. The quantitative estimate of drug-likeness (QED) is 0.530. The molecule has 0 aromatic heterocycles. The highest BCUT2D eigenvalue weighted by molar-refractivity contribution is 9.10. The van der Waals surface area contributed by atoms with E-state index in [1.54, 1.807) is 7.11 Å². The summed E-state index contributed by atoms with van der Waals surface area (Å²) in [5.41, 5.74) is 4.92. The summed E-state index contributed by atoms with van der Waals surface area (Å²) in [6, 6.07) is 28.2. The Morgan fingerprint density at radius 2 is 1.52 bits per heavy atom. The van der Waals surface area contributed by atoms with Crippen molar-refractivity contribution in [1.29, 1.82) is 0 Å². The van der Waals surface area contributed by atoms with Gasteiger partial charge in [0, 0.05) is 4.47 Å². The Balaban J connectivity index is 1.54. The van der Waals surface area contributed by atoms with Gasteiger partial charge in [0.2, 0.25) is 0 Å². The summed E-state index contributed by atoms with van der Waals surface area (Å²) in [5, 5.41) is 0. The number of halogens is 1. The standard InChI is InChI=1S/C23H19BrN2O/c1-27-19-13-9-15(10-14-19)20-22-21(16-5-3-2-4-6-16)26(22)23(25-20)17-7-11-18(24)12-8-17/h2-14,21-23H,1H3/t21-,22+,23-,26?/m0/s1. The molecule has 0 radical (unpaired) electrons. The Bertz CT molecular complexity index is 983. The lowest BCUT2D eigenvalue weighted by Gasteiger charge is -2.14. The Hall–Kier alpha value is -2.43. The summed E-state index contributed by atoms with van der Waals surface area (Å²) in [5.74, 6) is 0.870. The van der Waals surface area contributed by atoms with E-state index in [1.165, 1.54) is 22.4 Å². The van der Waals surface area contributed by atoms with Gasteiger partial charge < -0.3 is 4.74 Å². The second kappa shape index (κ2) is 6.63. The van der Waals surface area contributed by atoms with Crippen molar-refractivity contribution in [3.05, 3.63) is 100 Å². The largest absolute Gasteiger partial charge is 0.497 e. The minimum atomic E-state index is 0.0606. The number of ether oxygens (including phenoxy) is 1. The van der Waals surface area contributed by atoms with Gasteiger partial charge in [-0.2, -0.15) is 0 Å². The summed E-state index contributed by atoms with van der Waals surface area (Å²) in [6.45, 7) is 0. The molecule has 0 N–H and O–H groups in total. The van der Waals surface area contributed by atoms with Crippen LogP contribution in [0, 0.1) is 0 Å². The molecule has 134 valence electrons. The lowest BCUT2D eigenvalue weighted by atomic mass is 10.0. The first-order chi connectivity index (χ1) is 13.3. The molecule has 1 unspecified atom stereocenters. The second-order valence-corrected chi connectivity index (χ2v) is 7.83. The van der Waals surface area contributed by atoms with E-state index in [4.69, 9.17) is 9.73 Å². The molecule has 3 aromatic rings. The van der Waals surface area contributed by atoms with Crippen molar-refractivity contribution in [3.63, 3.8) is 0 Å². The molecule has 5 rings (SSSR count). The van der Waals surface area contributed by atoms with Crippen LogP contribution in [0.1, 0.15) is 28.9 Å². The molecule has 2 aliphatic rings. The first-order valence-corrected chi connectivity index (χ1v) is 9.85. The van der Waals surface area contributed by atoms with Crippen molar-refractivity contribution >= 4 is 21.6 Å². The predicted octanol–water partition coefficient (Wildman–Crippen LogP) is 5.38. The van der Waals surface area contributed by atoms with Crippen LogP contribution in [0.5, 0.6) is 5.75 Å². The molecular formula is C23H19BrN2O. The number of rotatable bonds is 4. The Morgan fingerprint density at radius 1 is 0.815 bits per heavy atom. The molecule has 0 spiro atoms. The molecule has 27 heavy (non-hydrogen) atoms. The minimum Gasteiger partial charge on any atom is -0.497 e. The van der Waals surface area contributed by atoms with Gasteiger partial charge in [-0.1, -0.05) is 58.4 Å². The molecule has 4 atom stereocenters. The predicted molar refractivity (Wildman–Crippen MR) is 111 cm³/mol. The average molecular weight is 419 g/mol. The van der Waals surface area contributed by atoms with Crippen molar-refractivity contribution in [3.8, 4) is 5.75 Å². The van der Waals surface area contributed by atoms with E-state index in [-0.39, 0.29) is 6.17 Å². The molecule has 1 fully saturated rings. The monoisotopic (exact) mass is 418 g/mol. The van der Waals surface area contributed by atoms with E-state index in [9.17, 15) is 0 Å². The molecule has 2 aliphatic heterocycles. The summed E-state index contributed by atoms with van der Waals surface area (Å²) in [4.78, 5) is 7.60. The lowest BCUT2D eigenvalue weighted by molar-refractivity contribution is 0.404. The summed E-state index contributed by atoms with van der Waals surface area (Å²) in [7, 11) is 1.69. The van der Waals surface area contributed by atoms with Gasteiger partial charge in [0.25, 0.3) is 0 Å². The highest BCUT2D eigenvalue weighted by Crippen LogP contribution is 2.55. The summed E-state index contributed by atoms with van der Waals surface area (Å²) in [6.07, 6.45) is 0.0606. The number of methoxy groups -OCH3 is 1. The molecule has 0 amide bonds. The van der Waals surface area contributed by atoms with Gasteiger partial charge in [-0.05, 0) is 53.1 Å². The van der Waals surface area contributed by atoms with E-state index >= 15 is 0 Å². The van der Waals surface area contributed by atoms with Crippen LogP contribution >= 0.6 is 15.9 Å². The van der Waals surface area contributed by atoms with E-state index in [0.717, 1.165) is 10.2 Å².